The van der Waals surface area contributed by atoms with Crippen molar-refractivity contribution >= 4 is 16.9 Å². The van der Waals surface area contributed by atoms with Crippen LogP contribution in [-0.4, -0.2) is 42.3 Å². The van der Waals surface area contributed by atoms with Crippen LogP contribution in [0.25, 0.3) is 22.3 Å². The zero-order chi connectivity index (χ0) is 21.9. The summed E-state index contributed by atoms with van der Waals surface area (Å²) in [6, 6.07) is 5.05. The van der Waals surface area contributed by atoms with Gasteiger partial charge in [0.1, 0.15) is 5.52 Å². The SMILES string of the molecule is C[C@H]1c2nn(C)c(-c3cc(F)c(F)c(F)c3)c2CCN1C(=O)c1n[nH]c2cccnc12. The number of aromatic amines is 1. The number of H-pyrrole nitrogens is 1. The molecule has 0 bridgehead atoms. The maximum Gasteiger partial charge on any atom is 0.277 e. The zero-order valence-corrected chi connectivity index (χ0v) is 16.7. The average molecular weight is 426 g/mol. The number of aryl methyl sites for hydroxylation is 1. The molecule has 158 valence electrons. The fourth-order valence-electron chi connectivity index (χ4n) is 4.21. The molecule has 0 spiro atoms. The van der Waals surface area contributed by atoms with E-state index in [2.05, 4.69) is 20.3 Å². The van der Waals surface area contributed by atoms with E-state index in [1.807, 2.05) is 6.92 Å². The van der Waals surface area contributed by atoms with Gasteiger partial charge in [-0.15, -0.1) is 0 Å². The van der Waals surface area contributed by atoms with Crippen LogP contribution in [0, 0.1) is 17.5 Å². The quantitative estimate of drug-likeness (QED) is 0.498. The molecule has 1 aromatic carbocycles. The molecule has 1 aliphatic rings. The van der Waals surface area contributed by atoms with Crippen molar-refractivity contribution in [1.29, 1.82) is 0 Å². The first-order valence-electron chi connectivity index (χ1n) is 9.67. The largest absolute Gasteiger partial charge is 0.328 e. The van der Waals surface area contributed by atoms with E-state index in [1.54, 1.807) is 30.3 Å². The summed E-state index contributed by atoms with van der Waals surface area (Å²) in [7, 11) is 1.65. The first kappa shape index (κ1) is 19.3. The van der Waals surface area contributed by atoms with Gasteiger partial charge in [0.15, 0.2) is 23.1 Å². The number of rotatable bonds is 2. The maximum atomic E-state index is 13.8. The molecular weight excluding hydrogens is 409 g/mol. The minimum absolute atomic E-state index is 0.196. The number of nitrogens with zero attached hydrogens (tertiary/aromatic N) is 5. The van der Waals surface area contributed by atoms with E-state index in [0.717, 1.165) is 17.7 Å². The highest BCUT2D eigenvalue weighted by Gasteiger charge is 2.35. The van der Waals surface area contributed by atoms with Crippen molar-refractivity contribution < 1.29 is 18.0 Å². The number of amides is 1. The Morgan fingerprint density at radius 1 is 1.23 bits per heavy atom. The number of carbonyl (C=O) groups is 1. The van der Waals surface area contributed by atoms with Crippen LogP contribution in [0.4, 0.5) is 13.2 Å². The summed E-state index contributed by atoms with van der Waals surface area (Å²) < 4.78 is 42.5. The first-order chi connectivity index (χ1) is 14.9. The van der Waals surface area contributed by atoms with E-state index in [9.17, 15) is 18.0 Å². The number of aromatic nitrogens is 5. The third-order valence-corrected chi connectivity index (χ3v) is 5.68. The summed E-state index contributed by atoms with van der Waals surface area (Å²) in [4.78, 5) is 19.1. The molecule has 7 nitrogen and oxygen atoms in total. The molecule has 0 fully saturated rings. The smallest absolute Gasteiger partial charge is 0.277 e. The Labute approximate surface area is 174 Å². The average Bonchev–Trinajstić information content (AvgIpc) is 3.32. The van der Waals surface area contributed by atoms with Gasteiger partial charge in [-0.3, -0.25) is 19.6 Å². The second-order valence-corrected chi connectivity index (χ2v) is 7.49. The summed E-state index contributed by atoms with van der Waals surface area (Å²) >= 11 is 0. The van der Waals surface area contributed by atoms with Crippen molar-refractivity contribution in [2.45, 2.75) is 19.4 Å². The van der Waals surface area contributed by atoms with Gasteiger partial charge in [0.25, 0.3) is 5.91 Å². The van der Waals surface area contributed by atoms with Crippen LogP contribution < -0.4 is 0 Å². The van der Waals surface area contributed by atoms with Gasteiger partial charge in [-0.25, -0.2) is 13.2 Å². The van der Waals surface area contributed by atoms with Crippen molar-refractivity contribution in [2.75, 3.05) is 6.54 Å². The predicted molar refractivity (Wildman–Crippen MR) is 106 cm³/mol. The molecule has 0 aliphatic carbocycles. The molecule has 4 heterocycles. The lowest BCUT2D eigenvalue weighted by Crippen LogP contribution is -2.39. The second-order valence-electron chi connectivity index (χ2n) is 7.49. The van der Waals surface area contributed by atoms with E-state index >= 15 is 0 Å². The monoisotopic (exact) mass is 426 g/mol. The summed E-state index contributed by atoms with van der Waals surface area (Å²) in [6.07, 6.45) is 2.02. The molecular formula is C21H17F3N6O. The van der Waals surface area contributed by atoms with Crippen LogP contribution in [0.1, 0.15) is 34.7 Å². The molecule has 10 heteroatoms. The molecule has 1 amide bonds. The topological polar surface area (TPSA) is 79.7 Å². The van der Waals surface area contributed by atoms with Crippen LogP contribution in [0.3, 0.4) is 0 Å². The maximum absolute atomic E-state index is 13.8. The Morgan fingerprint density at radius 3 is 2.71 bits per heavy atom. The van der Waals surface area contributed by atoms with Crippen molar-refractivity contribution in [3.05, 3.63) is 64.9 Å². The highest BCUT2D eigenvalue weighted by Crippen LogP contribution is 2.37. The van der Waals surface area contributed by atoms with E-state index < -0.39 is 23.5 Å². The Balaban J connectivity index is 1.53. The fraction of sp³-hybridized carbons (Fsp3) is 0.238. The summed E-state index contributed by atoms with van der Waals surface area (Å²) in [6.45, 7) is 2.19. The summed E-state index contributed by atoms with van der Waals surface area (Å²) in [5.41, 5.74) is 3.47. The molecule has 4 aromatic rings. The minimum atomic E-state index is -1.51. The minimum Gasteiger partial charge on any atom is -0.328 e. The number of benzene rings is 1. The van der Waals surface area contributed by atoms with Crippen molar-refractivity contribution in [3.63, 3.8) is 0 Å². The number of pyridine rings is 1. The molecule has 1 N–H and O–H groups in total. The van der Waals surface area contributed by atoms with Crippen LogP contribution in [0.2, 0.25) is 0 Å². The lowest BCUT2D eigenvalue weighted by Gasteiger charge is -2.32. The molecule has 31 heavy (non-hydrogen) atoms. The van der Waals surface area contributed by atoms with Gasteiger partial charge in [-0.1, -0.05) is 0 Å². The van der Waals surface area contributed by atoms with Gasteiger partial charge in [0, 0.05) is 30.9 Å². The number of hydrogen-bond donors (Lipinski definition) is 1. The van der Waals surface area contributed by atoms with E-state index in [1.165, 1.54) is 4.68 Å². The van der Waals surface area contributed by atoms with Gasteiger partial charge in [-0.05, 0) is 37.6 Å². The number of nitrogens with one attached hydrogen (secondary N) is 1. The van der Waals surface area contributed by atoms with Gasteiger partial charge < -0.3 is 4.90 Å². The van der Waals surface area contributed by atoms with Gasteiger partial charge in [0.05, 0.1) is 22.9 Å². The van der Waals surface area contributed by atoms with Gasteiger partial charge in [0.2, 0.25) is 0 Å². The van der Waals surface area contributed by atoms with E-state index in [0.29, 0.717) is 35.4 Å². The predicted octanol–water partition coefficient (Wildman–Crippen LogP) is 3.54. The van der Waals surface area contributed by atoms with Crippen LogP contribution in [0.15, 0.2) is 30.5 Å². The zero-order valence-electron chi connectivity index (χ0n) is 16.7. The van der Waals surface area contributed by atoms with E-state index in [4.69, 9.17) is 0 Å². The number of halogens is 3. The lowest BCUT2D eigenvalue weighted by atomic mass is 9.95. The normalized spacial score (nSPS) is 16.0. The number of carbonyl (C=O) groups excluding carboxylic acids is 1. The van der Waals surface area contributed by atoms with Crippen molar-refractivity contribution in [2.24, 2.45) is 7.05 Å². The molecule has 0 saturated carbocycles. The Bertz CT molecular complexity index is 1320. The molecule has 3 aromatic heterocycles. The third kappa shape index (κ3) is 2.89. The molecule has 1 atom stereocenters. The molecule has 0 saturated heterocycles. The number of hydrogen-bond acceptors (Lipinski definition) is 4. The van der Waals surface area contributed by atoms with Crippen molar-refractivity contribution in [3.8, 4) is 11.3 Å². The Hall–Kier alpha value is -3.69. The van der Waals surface area contributed by atoms with Crippen LogP contribution in [-0.2, 0) is 13.5 Å². The molecule has 0 unspecified atom stereocenters. The van der Waals surface area contributed by atoms with Crippen LogP contribution >= 0.6 is 0 Å². The van der Waals surface area contributed by atoms with Gasteiger partial charge >= 0.3 is 0 Å². The fourth-order valence-corrected chi connectivity index (χ4v) is 4.21. The highest BCUT2D eigenvalue weighted by atomic mass is 19.2. The second kappa shape index (κ2) is 6.93. The molecule has 5 rings (SSSR count). The molecule has 0 radical (unpaired) electrons. The van der Waals surface area contributed by atoms with Crippen LogP contribution in [0.5, 0.6) is 0 Å². The summed E-state index contributed by atoms with van der Waals surface area (Å²) in [5.74, 6) is -4.31. The first-order valence-corrected chi connectivity index (χ1v) is 9.67. The standard InChI is InChI=1S/C21H17F3N6O/c1-10-17-12(20(29(2)28-17)11-8-13(22)16(24)14(23)9-11)5-7-30(10)21(31)19-18-15(26-27-19)4-3-6-25-18/h3-4,6,8-10H,5,7H2,1-2H3,(H,26,27)/t10-/m0/s1. The lowest BCUT2D eigenvalue weighted by molar-refractivity contribution is 0.0669. The highest BCUT2D eigenvalue weighted by molar-refractivity contribution is 6.03. The van der Waals surface area contributed by atoms with Gasteiger partial charge in [-0.2, -0.15) is 10.2 Å². The number of fused-ring (bicyclic) bond motifs is 2. The van der Waals surface area contributed by atoms with Crippen molar-refractivity contribution in [1.82, 2.24) is 29.9 Å². The Kier molecular flexibility index (Phi) is 4.31. The summed E-state index contributed by atoms with van der Waals surface area (Å²) in [5, 5.41) is 11.5. The molecule has 1 aliphatic heterocycles. The van der Waals surface area contributed by atoms with E-state index in [-0.39, 0.29) is 17.2 Å². The third-order valence-electron chi connectivity index (χ3n) is 5.68. The Morgan fingerprint density at radius 2 is 1.97 bits per heavy atom.